The number of carbonyl (C=O) groups is 1. The second-order valence-corrected chi connectivity index (χ2v) is 6.07. The van der Waals surface area contributed by atoms with Gasteiger partial charge in [0.1, 0.15) is 0 Å². The van der Waals surface area contributed by atoms with Gasteiger partial charge in [0.15, 0.2) is 0 Å². The van der Waals surface area contributed by atoms with Crippen molar-refractivity contribution >= 4 is 5.91 Å². The fourth-order valence-corrected chi connectivity index (χ4v) is 2.78. The zero-order valence-electron chi connectivity index (χ0n) is 13.4. The van der Waals surface area contributed by atoms with Crippen molar-refractivity contribution in [2.45, 2.75) is 25.2 Å². The molecule has 0 bridgehead atoms. The molecule has 1 saturated heterocycles. The average molecular weight is 329 g/mol. The third kappa shape index (κ3) is 4.94. The summed E-state index contributed by atoms with van der Waals surface area (Å²) in [4.78, 5) is 16.1. The molecule has 0 saturated carbocycles. The summed E-state index contributed by atoms with van der Waals surface area (Å²) in [5, 5.41) is 2.59. The number of nitrogens with zero attached hydrogens (tertiary/aromatic N) is 2. The van der Waals surface area contributed by atoms with Crippen LogP contribution in [0.5, 0.6) is 0 Å². The molecule has 1 aliphatic heterocycles. The highest BCUT2D eigenvalue weighted by atomic mass is 19.4. The molecule has 0 aliphatic carbocycles. The quantitative estimate of drug-likeness (QED) is 0.897. The van der Waals surface area contributed by atoms with Crippen LogP contribution in [0.2, 0.25) is 0 Å². The number of amides is 1. The Labute approximate surface area is 134 Å². The van der Waals surface area contributed by atoms with Gasteiger partial charge in [-0.15, -0.1) is 0 Å². The molecule has 1 aromatic rings. The van der Waals surface area contributed by atoms with E-state index in [9.17, 15) is 18.0 Å². The van der Waals surface area contributed by atoms with Crippen LogP contribution < -0.4 is 5.32 Å². The van der Waals surface area contributed by atoms with Crippen LogP contribution in [0.1, 0.15) is 17.5 Å². The van der Waals surface area contributed by atoms with Crippen molar-refractivity contribution < 1.29 is 18.0 Å². The Hall–Kier alpha value is -1.60. The topological polar surface area (TPSA) is 35.6 Å². The van der Waals surface area contributed by atoms with E-state index in [0.29, 0.717) is 6.04 Å². The maximum Gasteiger partial charge on any atom is 0.416 e. The van der Waals surface area contributed by atoms with E-state index >= 15 is 0 Å². The summed E-state index contributed by atoms with van der Waals surface area (Å²) in [6.45, 7) is 1.74. The predicted molar refractivity (Wildman–Crippen MR) is 81.8 cm³/mol. The summed E-state index contributed by atoms with van der Waals surface area (Å²) in [5.74, 6) is -0.249. The highest BCUT2D eigenvalue weighted by Crippen LogP contribution is 2.31. The fraction of sp³-hybridized carbons (Fsp3) is 0.562. The standard InChI is InChI=1S/C16H22F3N3O/c1-21(2)13-7-8-22(10-13)11-15(23)20-9-12-5-3-4-6-14(12)16(17,18)19/h3-6,13H,7-11H2,1-2H3,(H,20,23)/t13-/m1/s1. The van der Waals surface area contributed by atoms with Crippen molar-refractivity contribution in [2.24, 2.45) is 0 Å². The molecule has 1 amide bonds. The van der Waals surface area contributed by atoms with Crippen LogP contribution in [0.15, 0.2) is 24.3 Å². The summed E-state index contributed by atoms with van der Waals surface area (Å²) in [5.41, 5.74) is -0.616. The molecule has 7 heteroatoms. The number of carbonyl (C=O) groups excluding carboxylic acids is 1. The second kappa shape index (κ2) is 7.31. The Morgan fingerprint density at radius 3 is 2.65 bits per heavy atom. The molecule has 1 aliphatic rings. The molecule has 1 aromatic carbocycles. The van der Waals surface area contributed by atoms with Crippen molar-refractivity contribution in [1.29, 1.82) is 0 Å². The number of hydrogen-bond donors (Lipinski definition) is 1. The highest BCUT2D eigenvalue weighted by Gasteiger charge is 2.33. The fourth-order valence-electron chi connectivity index (χ4n) is 2.78. The lowest BCUT2D eigenvalue weighted by Crippen LogP contribution is -2.38. The molecule has 4 nitrogen and oxygen atoms in total. The Morgan fingerprint density at radius 2 is 2.04 bits per heavy atom. The monoisotopic (exact) mass is 329 g/mol. The lowest BCUT2D eigenvalue weighted by molar-refractivity contribution is -0.138. The highest BCUT2D eigenvalue weighted by molar-refractivity contribution is 5.78. The Morgan fingerprint density at radius 1 is 1.35 bits per heavy atom. The first-order chi connectivity index (χ1) is 10.8. The molecule has 1 fully saturated rings. The zero-order valence-corrected chi connectivity index (χ0v) is 13.4. The van der Waals surface area contributed by atoms with E-state index in [1.54, 1.807) is 6.07 Å². The van der Waals surface area contributed by atoms with Gasteiger partial charge in [-0.3, -0.25) is 9.69 Å². The summed E-state index contributed by atoms with van der Waals surface area (Å²) in [6, 6.07) is 5.73. The minimum absolute atomic E-state index is 0.0842. The maximum absolute atomic E-state index is 12.9. The molecule has 1 atom stereocenters. The predicted octanol–water partition coefficient (Wildman–Crippen LogP) is 1.96. The molecule has 0 radical (unpaired) electrons. The first-order valence-corrected chi connectivity index (χ1v) is 7.58. The minimum atomic E-state index is -4.41. The minimum Gasteiger partial charge on any atom is -0.351 e. The van der Waals surface area contributed by atoms with Crippen LogP contribution in [0.25, 0.3) is 0 Å². The van der Waals surface area contributed by atoms with E-state index in [-0.39, 0.29) is 24.6 Å². The Kier molecular flexibility index (Phi) is 5.64. The van der Waals surface area contributed by atoms with Gasteiger partial charge < -0.3 is 10.2 Å². The summed E-state index contributed by atoms with van der Waals surface area (Å²) in [6.07, 6.45) is -3.41. The van der Waals surface area contributed by atoms with Crippen LogP contribution in [0.3, 0.4) is 0 Å². The van der Waals surface area contributed by atoms with Crippen molar-refractivity contribution in [1.82, 2.24) is 15.1 Å². The Balaban J connectivity index is 1.86. The number of likely N-dealkylation sites (tertiary alicyclic amines) is 1. The molecule has 0 aromatic heterocycles. The van der Waals surface area contributed by atoms with E-state index in [1.807, 2.05) is 19.0 Å². The number of nitrogens with one attached hydrogen (secondary N) is 1. The van der Waals surface area contributed by atoms with Crippen LogP contribution in [-0.4, -0.2) is 55.5 Å². The molecule has 0 spiro atoms. The van der Waals surface area contributed by atoms with Crippen molar-refractivity contribution in [3.05, 3.63) is 35.4 Å². The van der Waals surface area contributed by atoms with Gasteiger partial charge in [-0.1, -0.05) is 18.2 Å². The van der Waals surface area contributed by atoms with Crippen LogP contribution >= 0.6 is 0 Å². The first kappa shape index (κ1) is 17.7. The largest absolute Gasteiger partial charge is 0.416 e. The number of rotatable bonds is 5. The number of hydrogen-bond acceptors (Lipinski definition) is 3. The van der Waals surface area contributed by atoms with Crippen LogP contribution in [0, 0.1) is 0 Å². The third-order valence-electron chi connectivity index (χ3n) is 4.14. The molecule has 23 heavy (non-hydrogen) atoms. The van der Waals surface area contributed by atoms with E-state index in [0.717, 1.165) is 25.6 Å². The van der Waals surface area contributed by atoms with Gasteiger partial charge in [0.2, 0.25) is 5.91 Å². The van der Waals surface area contributed by atoms with Gasteiger partial charge in [-0.2, -0.15) is 13.2 Å². The van der Waals surface area contributed by atoms with Crippen LogP contribution in [-0.2, 0) is 17.5 Å². The van der Waals surface area contributed by atoms with Gasteiger partial charge in [0, 0.05) is 25.7 Å². The molecule has 1 heterocycles. The van der Waals surface area contributed by atoms with Crippen molar-refractivity contribution in [3.63, 3.8) is 0 Å². The molecular weight excluding hydrogens is 307 g/mol. The van der Waals surface area contributed by atoms with Gasteiger partial charge in [-0.05, 0) is 32.1 Å². The third-order valence-corrected chi connectivity index (χ3v) is 4.14. The lowest BCUT2D eigenvalue weighted by atomic mass is 10.1. The summed E-state index contributed by atoms with van der Waals surface area (Å²) < 4.78 is 38.7. The van der Waals surface area contributed by atoms with Crippen molar-refractivity contribution in [3.8, 4) is 0 Å². The lowest BCUT2D eigenvalue weighted by Gasteiger charge is -2.20. The SMILES string of the molecule is CN(C)[C@@H]1CCN(CC(=O)NCc2ccccc2C(F)(F)F)C1. The van der Waals surface area contributed by atoms with E-state index < -0.39 is 11.7 Å². The number of likely N-dealkylation sites (N-methyl/N-ethyl adjacent to an activating group) is 1. The first-order valence-electron chi connectivity index (χ1n) is 7.58. The molecule has 128 valence electrons. The van der Waals surface area contributed by atoms with E-state index in [4.69, 9.17) is 0 Å². The number of alkyl halides is 3. The molecule has 1 N–H and O–H groups in total. The van der Waals surface area contributed by atoms with Gasteiger partial charge in [0.05, 0.1) is 12.1 Å². The van der Waals surface area contributed by atoms with E-state index in [1.165, 1.54) is 12.1 Å². The summed E-state index contributed by atoms with van der Waals surface area (Å²) in [7, 11) is 4.00. The van der Waals surface area contributed by atoms with E-state index in [2.05, 4.69) is 10.2 Å². The number of halogens is 3. The van der Waals surface area contributed by atoms with Gasteiger partial charge in [0.25, 0.3) is 0 Å². The van der Waals surface area contributed by atoms with Crippen LogP contribution in [0.4, 0.5) is 13.2 Å². The smallest absolute Gasteiger partial charge is 0.351 e. The maximum atomic E-state index is 12.9. The summed E-state index contributed by atoms with van der Waals surface area (Å²) >= 11 is 0. The van der Waals surface area contributed by atoms with Crippen molar-refractivity contribution in [2.75, 3.05) is 33.7 Å². The second-order valence-electron chi connectivity index (χ2n) is 6.07. The molecular formula is C16H22F3N3O. The average Bonchev–Trinajstić information content (AvgIpc) is 2.93. The normalized spacial score (nSPS) is 19.3. The number of benzene rings is 1. The van der Waals surface area contributed by atoms with Gasteiger partial charge >= 0.3 is 6.18 Å². The molecule has 0 unspecified atom stereocenters. The zero-order chi connectivity index (χ0) is 17.0. The molecule has 2 rings (SSSR count). The Bertz CT molecular complexity index is 546. The van der Waals surface area contributed by atoms with Gasteiger partial charge in [-0.25, -0.2) is 0 Å².